The van der Waals surface area contributed by atoms with E-state index in [-0.39, 0.29) is 12.2 Å². The van der Waals surface area contributed by atoms with E-state index in [0.29, 0.717) is 50.6 Å². The van der Waals surface area contributed by atoms with E-state index in [1.165, 1.54) is 54.6 Å². The van der Waals surface area contributed by atoms with Gasteiger partial charge in [-0.25, -0.2) is 39.5 Å². The summed E-state index contributed by atoms with van der Waals surface area (Å²) in [5.74, 6) is -15.1. The van der Waals surface area contributed by atoms with Gasteiger partial charge in [0.1, 0.15) is 12.3 Å². The maximum atomic E-state index is 15.2. The smallest absolute Gasteiger partial charge is 0.345 e. The van der Waals surface area contributed by atoms with Crippen molar-refractivity contribution >= 4 is 80.3 Å². The summed E-state index contributed by atoms with van der Waals surface area (Å²) in [4.78, 5) is 14.8. The molecule has 0 aliphatic carbocycles. The summed E-state index contributed by atoms with van der Waals surface area (Å²) in [6, 6.07) is 32.7. The maximum absolute atomic E-state index is 15.2. The van der Waals surface area contributed by atoms with Crippen LogP contribution in [0.4, 0.5) is 98.2 Å². The molecule has 4 fully saturated rings. The van der Waals surface area contributed by atoms with E-state index >= 15 is 17.6 Å². The molecule has 0 amide bonds. The molecule has 4 aliphatic rings. The van der Waals surface area contributed by atoms with Crippen molar-refractivity contribution in [3.8, 4) is 0 Å². The van der Waals surface area contributed by atoms with Crippen molar-refractivity contribution in [3.05, 3.63) is 300 Å². The monoisotopic (exact) mass is 1730 g/mol. The summed E-state index contributed by atoms with van der Waals surface area (Å²) < 4.78 is 173. The standard InChI is InChI=1S/C27H27F5N2.C27H28F4N2.C22H27Cl3N2.C22H27F3N2/c1-13-9-15(3)25(16(4)10-13)33-7-8-34(26-17(5)11-14(2)12-18(26)6)27(33)19-20(28)22(30)24(32)23(31)21(19)29;1-14-9-16(3)25(17(4)10-14)32-7-8-33(26-18(5)11-15(2)12-19(26)6)27(32)22-23(30)20(28)13-21(29)24(22)31;2*1-13-9-15(3)19(16(4)10-13)26-7-8-27(21(26)22(23,24)25)20-17(5)11-14(2)12-18(20)6/h9-12,27H,7-8H2,1-6H3;9-13,27H,7-8H2,1-6H3;2*9-12,21H,7-8H2,1-6H3. The molecule has 0 radical (unpaired) electrons. The Morgan fingerprint density at radius 2 is 0.364 bits per heavy atom. The largest absolute Gasteiger partial charge is 0.427 e. The van der Waals surface area contributed by atoms with Crippen LogP contribution >= 0.6 is 34.8 Å². The van der Waals surface area contributed by atoms with Gasteiger partial charge in [0.05, 0.1) is 11.1 Å². The zero-order valence-electron chi connectivity index (χ0n) is 73.5. The molecule has 10 aromatic carbocycles. The minimum atomic E-state index is -4.36. The second kappa shape index (κ2) is 35.8. The molecular formula is C98H109Cl3F12N8. The third-order valence-electron chi connectivity index (χ3n) is 23.6. The van der Waals surface area contributed by atoms with Crippen LogP contribution in [0.2, 0.25) is 0 Å². The number of hydrogen-bond acceptors (Lipinski definition) is 8. The van der Waals surface area contributed by atoms with Gasteiger partial charge in [-0.2, -0.15) is 13.2 Å². The quantitative estimate of drug-likeness (QED) is 0.0578. The van der Waals surface area contributed by atoms with Crippen molar-refractivity contribution in [1.29, 1.82) is 0 Å². The molecule has 0 N–H and O–H groups in total. The lowest BCUT2D eigenvalue weighted by molar-refractivity contribution is -0.145. The number of benzene rings is 10. The minimum absolute atomic E-state index is 0.266. The van der Waals surface area contributed by atoms with Crippen LogP contribution in [0.3, 0.4) is 0 Å². The molecular weight excluding hydrogens is 1620 g/mol. The molecule has 0 bridgehead atoms. The first-order valence-corrected chi connectivity index (χ1v) is 41.8. The normalized spacial score (nSPS) is 15.0. The highest BCUT2D eigenvalue weighted by molar-refractivity contribution is 6.68. The zero-order chi connectivity index (χ0) is 89.4. The second-order valence-corrected chi connectivity index (χ2v) is 36.3. The predicted octanol–water partition coefficient (Wildman–Crippen LogP) is 26.7. The van der Waals surface area contributed by atoms with Gasteiger partial charge in [0, 0.05) is 104 Å². The van der Waals surface area contributed by atoms with Gasteiger partial charge in [-0.1, -0.05) is 176 Å². The van der Waals surface area contributed by atoms with Crippen LogP contribution in [0.5, 0.6) is 0 Å². The van der Waals surface area contributed by atoms with E-state index < -0.39 is 91.9 Å². The van der Waals surface area contributed by atoms with Gasteiger partial charge in [0.25, 0.3) is 0 Å². The third kappa shape index (κ3) is 18.4. The van der Waals surface area contributed by atoms with Crippen molar-refractivity contribution in [2.45, 2.75) is 201 Å². The summed E-state index contributed by atoms with van der Waals surface area (Å²) in [6.45, 7) is 51.4. The fraction of sp³-hybridized carbons (Fsp3) is 0.388. The third-order valence-corrected chi connectivity index (χ3v) is 24.1. The number of alkyl halides is 6. The van der Waals surface area contributed by atoms with Gasteiger partial charge in [-0.3, -0.25) is 0 Å². The molecule has 14 rings (SSSR count). The maximum Gasteiger partial charge on any atom is 0.427 e. The summed E-state index contributed by atoms with van der Waals surface area (Å²) in [5, 5.41) is 0. The van der Waals surface area contributed by atoms with Crippen molar-refractivity contribution in [1.82, 2.24) is 0 Å². The number of aryl methyl sites for hydroxylation is 24. The van der Waals surface area contributed by atoms with E-state index in [4.69, 9.17) is 34.8 Å². The molecule has 121 heavy (non-hydrogen) atoms. The molecule has 4 saturated heterocycles. The Hall–Kier alpha value is -9.37. The fourth-order valence-corrected chi connectivity index (χ4v) is 21.1. The molecule has 646 valence electrons. The first kappa shape index (κ1) is 92.4. The molecule has 0 aromatic heterocycles. The van der Waals surface area contributed by atoms with Crippen LogP contribution in [-0.2, 0) is 0 Å². The molecule has 0 saturated carbocycles. The number of rotatable bonds is 10. The topological polar surface area (TPSA) is 25.9 Å². The SMILES string of the molecule is Cc1cc(C)c(N2CCN(c3c(C)cc(C)cc3C)C2C(Cl)(Cl)Cl)c(C)c1.Cc1cc(C)c(N2CCN(c3c(C)cc(C)cc3C)C2C(F)(F)F)c(C)c1.Cc1cc(C)c(N2CCN(c3c(C)cc(C)cc3C)C2c2c(F)c(F)c(F)c(F)c2F)c(C)c1.Cc1cc(C)c(N2CCN(c3c(C)cc(C)cc3C)C2c2c(F)c(F)cc(F)c2F)c(C)c1. The van der Waals surface area contributed by atoms with E-state index in [1.807, 2.05) is 207 Å². The summed E-state index contributed by atoms with van der Waals surface area (Å²) >= 11 is 19.6. The summed E-state index contributed by atoms with van der Waals surface area (Å²) in [5.41, 5.74) is 29.8. The molecule has 0 unspecified atom stereocenters. The number of halogens is 15. The van der Waals surface area contributed by atoms with Crippen LogP contribution in [0.1, 0.15) is 157 Å². The van der Waals surface area contributed by atoms with Crippen LogP contribution < -0.4 is 39.2 Å². The fourth-order valence-electron chi connectivity index (χ4n) is 20.4. The van der Waals surface area contributed by atoms with Gasteiger partial charge < -0.3 is 39.2 Å². The Morgan fingerprint density at radius 3 is 0.537 bits per heavy atom. The molecule has 0 spiro atoms. The molecule has 8 nitrogen and oxygen atoms in total. The number of hydrogen-bond donors (Lipinski definition) is 0. The lowest BCUT2D eigenvalue weighted by Gasteiger charge is -2.39. The lowest BCUT2D eigenvalue weighted by Crippen LogP contribution is -2.50. The molecule has 4 aliphatic heterocycles. The van der Waals surface area contributed by atoms with Crippen LogP contribution in [-0.4, -0.2) is 74.7 Å². The van der Waals surface area contributed by atoms with E-state index in [9.17, 15) is 35.1 Å². The highest BCUT2D eigenvalue weighted by Crippen LogP contribution is 2.51. The predicted molar refractivity (Wildman–Crippen MR) is 476 cm³/mol. The van der Waals surface area contributed by atoms with Crippen molar-refractivity contribution in [3.63, 3.8) is 0 Å². The molecule has 0 atom stereocenters. The first-order valence-electron chi connectivity index (χ1n) is 40.7. The van der Waals surface area contributed by atoms with Crippen LogP contribution in [0.25, 0.3) is 0 Å². The highest BCUT2D eigenvalue weighted by Gasteiger charge is 2.53. The average molecular weight is 1730 g/mol. The van der Waals surface area contributed by atoms with Gasteiger partial charge >= 0.3 is 6.18 Å². The van der Waals surface area contributed by atoms with E-state index in [0.717, 1.165) is 136 Å². The van der Waals surface area contributed by atoms with E-state index in [2.05, 4.69) is 75.6 Å². The molecule has 23 heteroatoms. The van der Waals surface area contributed by atoms with Crippen molar-refractivity contribution in [2.24, 2.45) is 0 Å². The highest BCUT2D eigenvalue weighted by atomic mass is 35.6. The number of nitrogens with zero attached hydrogens (tertiary/aromatic N) is 8. The van der Waals surface area contributed by atoms with Gasteiger partial charge in [-0.15, -0.1) is 0 Å². The lowest BCUT2D eigenvalue weighted by atomic mass is 10.0. The Kier molecular flexibility index (Phi) is 27.3. The van der Waals surface area contributed by atoms with Gasteiger partial charge in [0.2, 0.25) is 15.8 Å². The number of anilines is 8. The molecule has 10 aromatic rings. The minimum Gasteiger partial charge on any atom is -0.345 e. The Balaban J connectivity index is 0.000000158. The second-order valence-electron chi connectivity index (χ2n) is 34.0. The van der Waals surface area contributed by atoms with Crippen molar-refractivity contribution < 1.29 is 52.7 Å². The summed E-state index contributed by atoms with van der Waals surface area (Å²) in [6.07, 6.45) is -8.63. The summed E-state index contributed by atoms with van der Waals surface area (Å²) in [7, 11) is 0. The average Bonchev–Trinajstić information content (AvgIpc) is 1.64. The van der Waals surface area contributed by atoms with Gasteiger partial charge in [-0.05, 0) is 255 Å². The van der Waals surface area contributed by atoms with Crippen LogP contribution in [0, 0.1) is 219 Å². The van der Waals surface area contributed by atoms with Crippen molar-refractivity contribution in [2.75, 3.05) is 91.6 Å². The van der Waals surface area contributed by atoms with E-state index in [1.54, 1.807) is 9.80 Å². The first-order chi connectivity index (χ1) is 56.4. The Labute approximate surface area is 721 Å². The Morgan fingerprint density at radius 1 is 0.215 bits per heavy atom. The zero-order valence-corrected chi connectivity index (χ0v) is 75.8. The van der Waals surface area contributed by atoms with Crippen LogP contribution in [0.15, 0.2) is 103 Å². The Bertz CT molecular complexity index is 5020. The molecule has 4 heterocycles. The van der Waals surface area contributed by atoms with Gasteiger partial charge in [0.15, 0.2) is 52.7 Å².